The van der Waals surface area contributed by atoms with Crippen molar-refractivity contribution in [3.05, 3.63) is 59.7 Å². The lowest BCUT2D eigenvalue weighted by Gasteiger charge is -2.11. The highest BCUT2D eigenvalue weighted by Crippen LogP contribution is 2.26. The number of ether oxygens (including phenoxy) is 2. The molecule has 0 N–H and O–H groups in total. The summed E-state index contributed by atoms with van der Waals surface area (Å²) in [6.07, 6.45) is 0. The van der Waals surface area contributed by atoms with Gasteiger partial charge in [-0.2, -0.15) is 0 Å². The van der Waals surface area contributed by atoms with Gasteiger partial charge in [0.2, 0.25) is 0 Å². The zero-order valence-electron chi connectivity index (χ0n) is 11.8. The molecule has 0 spiro atoms. The van der Waals surface area contributed by atoms with Crippen molar-refractivity contribution >= 4 is 21.5 Å². The van der Waals surface area contributed by atoms with Crippen LogP contribution in [0.1, 0.15) is 11.1 Å². The minimum Gasteiger partial charge on any atom is -0.380 e. The van der Waals surface area contributed by atoms with Gasteiger partial charge in [0.1, 0.15) is 0 Å². The van der Waals surface area contributed by atoms with Crippen LogP contribution in [0.2, 0.25) is 0 Å². The third-order valence-corrected chi connectivity index (χ3v) is 3.62. The van der Waals surface area contributed by atoms with Gasteiger partial charge in [0.25, 0.3) is 0 Å². The maximum atomic E-state index is 5.30. The van der Waals surface area contributed by atoms with Crippen molar-refractivity contribution in [1.29, 1.82) is 0 Å². The standard InChI is InChI=1S/C18H18O2/c1-19-11-17-9-15-7-13-5-3-4-6-14(13)8-16(15)10-18(17)12-20-2/h3-10H,11-12H2,1-2H3. The van der Waals surface area contributed by atoms with E-state index in [1.807, 2.05) is 0 Å². The largest absolute Gasteiger partial charge is 0.380 e. The van der Waals surface area contributed by atoms with Gasteiger partial charge >= 0.3 is 0 Å². The van der Waals surface area contributed by atoms with Crippen LogP contribution in [0.25, 0.3) is 21.5 Å². The Morgan fingerprint density at radius 3 is 1.50 bits per heavy atom. The zero-order valence-corrected chi connectivity index (χ0v) is 11.8. The van der Waals surface area contributed by atoms with E-state index in [4.69, 9.17) is 9.47 Å². The van der Waals surface area contributed by atoms with Gasteiger partial charge in [0.15, 0.2) is 0 Å². The minimum atomic E-state index is 0.613. The molecular formula is C18H18O2. The lowest BCUT2D eigenvalue weighted by Crippen LogP contribution is -1.98. The van der Waals surface area contributed by atoms with Crippen molar-refractivity contribution in [2.24, 2.45) is 0 Å². The van der Waals surface area contributed by atoms with Crippen molar-refractivity contribution < 1.29 is 9.47 Å². The quantitative estimate of drug-likeness (QED) is 0.656. The van der Waals surface area contributed by atoms with Crippen molar-refractivity contribution in [2.75, 3.05) is 14.2 Å². The van der Waals surface area contributed by atoms with Crippen LogP contribution in [0.4, 0.5) is 0 Å². The fraction of sp³-hybridized carbons (Fsp3) is 0.222. The molecule has 2 nitrogen and oxygen atoms in total. The predicted molar refractivity (Wildman–Crippen MR) is 82.9 cm³/mol. The van der Waals surface area contributed by atoms with Crippen LogP contribution in [0.3, 0.4) is 0 Å². The second-order valence-electron chi connectivity index (χ2n) is 5.03. The summed E-state index contributed by atoms with van der Waals surface area (Å²) in [5, 5.41) is 5.02. The van der Waals surface area contributed by atoms with Crippen LogP contribution < -0.4 is 0 Å². The molecule has 0 aromatic heterocycles. The third kappa shape index (κ3) is 2.40. The normalized spacial score (nSPS) is 11.3. The van der Waals surface area contributed by atoms with Crippen LogP contribution in [-0.2, 0) is 22.7 Å². The summed E-state index contributed by atoms with van der Waals surface area (Å²) in [6.45, 7) is 1.23. The average molecular weight is 266 g/mol. The van der Waals surface area contributed by atoms with E-state index >= 15 is 0 Å². The Kier molecular flexibility index (Phi) is 3.68. The maximum Gasteiger partial charge on any atom is 0.0716 e. The van der Waals surface area contributed by atoms with E-state index < -0.39 is 0 Å². The lowest BCUT2D eigenvalue weighted by atomic mass is 9.98. The van der Waals surface area contributed by atoms with E-state index in [0.717, 1.165) is 0 Å². The van der Waals surface area contributed by atoms with Gasteiger partial charge in [0.05, 0.1) is 13.2 Å². The number of hydrogen-bond acceptors (Lipinski definition) is 2. The molecule has 0 atom stereocenters. The molecule has 0 bridgehead atoms. The highest BCUT2D eigenvalue weighted by molar-refractivity contribution is 5.98. The maximum absolute atomic E-state index is 5.30. The predicted octanol–water partition coefficient (Wildman–Crippen LogP) is 4.29. The molecule has 0 saturated carbocycles. The molecular weight excluding hydrogens is 248 g/mol. The Morgan fingerprint density at radius 2 is 1.10 bits per heavy atom. The number of rotatable bonds is 4. The number of hydrogen-bond donors (Lipinski definition) is 0. The third-order valence-electron chi connectivity index (χ3n) is 3.62. The van der Waals surface area contributed by atoms with E-state index in [2.05, 4.69) is 48.5 Å². The molecule has 3 aromatic rings. The van der Waals surface area contributed by atoms with Gasteiger partial charge in [-0.3, -0.25) is 0 Å². The molecule has 20 heavy (non-hydrogen) atoms. The minimum absolute atomic E-state index is 0.613. The molecule has 2 heteroatoms. The highest BCUT2D eigenvalue weighted by atomic mass is 16.5. The van der Waals surface area contributed by atoms with Crippen molar-refractivity contribution in [1.82, 2.24) is 0 Å². The Morgan fingerprint density at radius 1 is 0.650 bits per heavy atom. The summed E-state index contributed by atoms with van der Waals surface area (Å²) >= 11 is 0. The van der Waals surface area contributed by atoms with Gasteiger partial charge in [-0.05, 0) is 56.9 Å². The lowest BCUT2D eigenvalue weighted by molar-refractivity contribution is 0.168. The molecule has 0 fully saturated rings. The molecule has 3 aromatic carbocycles. The van der Waals surface area contributed by atoms with E-state index in [1.165, 1.54) is 32.7 Å². The Hall–Kier alpha value is -1.90. The second kappa shape index (κ2) is 5.61. The molecule has 0 heterocycles. The molecule has 0 saturated heterocycles. The number of fused-ring (bicyclic) bond motifs is 2. The first-order chi connectivity index (χ1) is 9.81. The van der Waals surface area contributed by atoms with E-state index in [1.54, 1.807) is 14.2 Å². The first-order valence-corrected chi connectivity index (χ1v) is 6.74. The summed E-state index contributed by atoms with van der Waals surface area (Å²) in [7, 11) is 3.45. The summed E-state index contributed by atoms with van der Waals surface area (Å²) in [5.74, 6) is 0. The monoisotopic (exact) mass is 266 g/mol. The first-order valence-electron chi connectivity index (χ1n) is 6.74. The first kappa shape index (κ1) is 13.1. The Balaban J connectivity index is 2.23. The van der Waals surface area contributed by atoms with Gasteiger partial charge < -0.3 is 9.47 Å². The highest BCUT2D eigenvalue weighted by Gasteiger charge is 2.06. The van der Waals surface area contributed by atoms with Crippen molar-refractivity contribution in [3.63, 3.8) is 0 Å². The zero-order chi connectivity index (χ0) is 13.9. The summed E-state index contributed by atoms with van der Waals surface area (Å²) in [5.41, 5.74) is 2.38. The number of benzene rings is 3. The van der Waals surface area contributed by atoms with Crippen molar-refractivity contribution in [3.8, 4) is 0 Å². The van der Waals surface area contributed by atoms with Crippen LogP contribution in [0.15, 0.2) is 48.5 Å². The Bertz CT molecular complexity index is 683. The molecule has 0 aliphatic heterocycles. The number of methoxy groups -OCH3 is 2. The van der Waals surface area contributed by atoms with E-state index in [9.17, 15) is 0 Å². The van der Waals surface area contributed by atoms with Crippen LogP contribution >= 0.6 is 0 Å². The van der Waals surface area contributed by atoms with Gasteiger partial charge in [-0.25, -0.2) is 0 Å². The van der Waals surface area contributed by atoms with Crippen molar-refractivity contribution in [2.45, 2.75) is 13.2 Å². The summed E-state index contributed by atoms with van der Waals surface area (Å²) in [4.78, 5) is 0. The Labute approximate surface area is 118 Å². The van der Waals surface area contributed by atoms with Crippen LogP contribution in [0.5, 0.6) is 0 Å². The summed E-state index contributed by atoms with van der Waals surface area (Å²) in [6, 6.07) is 17.3. The van der Waals surface area contributed by atoms with Gasteiger partial charge in [-0.1, -0.05) is 24.3 Å². The second-order valence-corrected chi connectivity index (χ2v) is 5.03. The topological polar surface area (TPSA) is 18.5 Å². The van der Waals surface area contributed by atoms with Gasteiger partial charge in [-0.15, -0.1) is 0 Å². The smallest absolute Gasteiger partial charge is 0.0716 e. The molecule has 0 aliphatic rings. The summed E-state index contributed by atoms with van der Waals surface area (Å²) < 4.78 is 10.6. The SMILES string of the molecule is COCc1cc2cc3ccccc3cc2cc1COC. The molecule has 3 rings (SSSR count). The van der Waals surface area contributed by atoms with E-state index in [0.29, 0.717) is 13.2 Å². The van der Waals surface area contributed by atoms with E-state index in [-0.39, 0.29) is 0 Å². The average Bonchev–Trinajstić information content (AvgIpc) is 2.46. The molecule has 0 unspecified atom stereocenters. The molecule has 102 valence electrons. The molecule has 0 aliphatic carbocycles. The molecule has 0 amide bonds. The van der Waals surface area contributed by atoms with Gasteiger partial charge in [0, 0.05) is 14.2 Å². The fourth-order valence-electron chi connectivity index (χ4n) is 2.67. The molecule has 0 radical (unpaired) electrons. The van der Waals surface area contributed by atoms with Crippen LogP contribution in [0, 0.1) is 0 Å². The fourth-order valence-corrected chi connectivity index (χ4v) is 2.67. The van der Waals surface area contributed by atoms with Crippen LogP contribution in [-0.4, -0.2) is 14.2 Å².